The van der Waals surface area contributed by atoms with Crippen molar-refractivity contribution in [1.29, 1.82) is 0 Å². The molecule has 100 valence electrons. The third-order valence-corrected chi connectivity index (χ3v) is 3.63. The lowest BCUT2D eigenvalue weighted by molar-refractivity contribution is 0.101. The van der Waals surface area contributed by atoms with E-state index in [4.69, 9.17) is 0 Å². The normalized spacial score (nSPS) is 11.1. The van der Waals surface area contributed by atoms with E-state index < -0.39 is 0 Å². The molecule has 0 aliphatic carbocycles. The first-order chi connectivity index (χ1) is 8.91. The quantitative estimate of drug-likeness (QED) is 0.744. The summed E-state index contributed by atoms with van der Waals surface area (Å²) in [6.07, 6.45) is 0. The summed E-state index contributed by atoms with van der Waals surface area (Å²) in [4.78, 5) is 11.6. The van der Waals surface area contributed by atoms with Crippen LogP contribution in [0.3, 0.4) is 0 Å². The van der Waals surface area contributed by atoms with Crippen molar-refractivity contribution in [2.75, 3.05) is 0 Å². The van der Waals surface area contributed by atoms with Crippen LogP contribution in [0.4, 0.5) is 0 Å². The molecule has 2 rings (SSSR count). The van der Waals surface area contributed by atoms with Crippen molar-refractivity contribution < 1.29 is 4.79 Å². The van der Waals surface area contributed by atoms with E-state index in [0.717, 1.165) is 22.6 Å². The molecule has 0 spiro atoms. The molecule has 0 aliphatic rings. The Hall–Kier alpha value is -1.83. The number of carbonyl (C=O) groups excluding carboxylic acids is 1. The third-order valence-electron chi connectivity index (χ3n) is 3.63. The average molecular weight is 255 g/mol. The highest BCUT2D eigenvalue weighted by molar-refractivity contribution is 5.95. The van der Waals surface area contributed by atoms with Gasteiger partial charge in [0.25, 0.3) is 0 Å². The molecule has 2 heteroatoms. The minimum atomic E-state index is 0.123. The van der Waals surface area contributed by atoms with Gasteiger partial charge in [0.2, 0.25) is 0 Å². The van der Waals surface area contributed by atoms with Gasteiger partial charge in [-0.25, -0.2) is 0 Å². The number of hydrogen-bond donors (Lipinski definition) is 0. The first-order valence-corrected chi connectivity index (χ1v) is 6.72. The molecule has 0 aliphatic heterocycles. The number of aryl methyl sites for hydroxylation is 1. The molecule has 0 fully saturated rings. The zero-order chi connectivity index (χ0) is 14.2. The Labute approximate surface area is 115 Å². The molecule has 0 bridgehead atoms. The second-order valence-electron chi connectivity index (χ2n) is 5.42. The number of aromatic nitrogens is 1. The summed E-state index contributed by atoms with van der Waals surface area (Å²) in [5, 5.41) is 0. The minimum Gasteiger partial charge on any atom is -0.318 e. The van der Waals surface area contributed by atoms with Crippen molar-refractivity contribution in [2.45, 2.75) is 40.5 Å². The molecule has 0 unspecified atom stereocenters. The Balaban J connectivity index is 2.50. The molecule has 0 amide bonds. The van der Waals surface area contributed by atoms with Crippen molar-refractivity contribution in [1.82, 2.24) is 4.57 Å². The lowest BCUT2D eigenvalue weighted by atomic mass is 10.0. The van der Waals surface area contributed by atoms with Gasteiger partial charge in [0.15, 0.2) is 5.78 Å². The smallest absolute Gasteiger partial charge is 0.161 e. The fourth-order valence-corrected chi connectivity index (χ4v) is 2.52. The molecule has 1 aromatic carbocycles. The monoisotopic (exact) mass is 255 g/mol. The van der Waals surface area contributed by atoms with Gasteiger partial charge < -0.3 is 4.57 Å². The van der Waals surface area contributed by atoms with Gasteiger partial charge >= 0.3 is 0 Å². The van der Waals surface area contributed by atoms with Gasteiger partial charge in [-0.1, -0.05) is 26.0 Å². The number of carbonyl (C=O) groups is 1. The van der Waals surface area contributed by atoms with Crippen LogP contribution >= 0.6 is 0 Å². The van der Waals surface area contributed by atoms with E-state index in [2.05, 4.69) is 42.7 Å². The molecule has 2 aromatic rings. The molecule has 1 aromatic heterocycles. The summed E-state index contributed by atoms with van der Waals surface area (Å²) in [7, 11) is 0. The molecular formula is C17H21NO. The molecule has 0 N–H and O–H groups in total. The lowest BCUT2D eigenvalue weighted by Crippen LogP contribution is -2.01. The van der Waals surface area contributed by atoms with Gasteiger partial charge in [0.1, 0.15) is 0 Å². The van der Waals surface area contributed by atoms with Gasteiger partial charge in [-0.3, -0.25) is 4.79 Å². The maximum absolute atomic E-state index is 11.6. The molecule has 19 heavy (non-hydrogen) atoms. The first-order valence-electron chi connectivity index (χ1n) is 6.72. The zero-order valence-electron chi connectivity index (χ0n) is 12.3. The van der Waals surface area contributed by atoms with Crippen molar-refractivity contribution in [2.24, 2.45) is 0 Å². The predicted molar refractivity (Wildman–Crippen MR) is 79.3 cm³/mol. The summed E-state index contributed by atoms with van der Waals surface area (Å²) < 4.78 is 2.14. The zero-order valence-corrected chi connectivity index (χ0v) is 12.3. The fraction of sp³-hybridized carbons (Fsp3) is 0.353. The predicted octanol–water partition coefficient (Wildman–Crippen LogP) is 4.42. The number of hydrogen-bond acceptors (Lipinski definition) is 1. The summed E-state index contributed by atoms with van der Waals surface area (Å²) in [6.45, 7) is 10.0. The van der Waals surface area contributed by atoms with Crippen LogP contribution in [0.2, 0.25) is 0 Å². The fourth-order valence-electron chi connectivity index (χ4n) is 2.52. The van der Waals surface area contributed by atoms with Gasteiger partial charge in [-0.05, 0) is 50.5 Å². The maximum atomic E-state index is 11.6. The van der Waals surface area contributed by atoms with Crippen LogP contribution in [0.25, 0.3) is 5.69 Å². The van der Waals surface area contributed by atoms with Crippen LogP contribution in [0.1, 0.15) is 54.0 Å². The van der Waals surface area contributed by atoms with Gasteiger partial charge in [-0.15, -0.1) is 0 Å². The topological polar surface area (TPSA) is 22.0 Å². The molecule has 2 nitrogen and oxygen atoms in total. The van der Waals surface area contributed by atoms with E-state index in [-0.39, 0.29) is 5.78 Å². The van der Waals surface area contributed by atoms with E-state index in [9.17, 15) is 4.79 Å². The maximum Gasteiger partial charge on any atom is 0.161 e. The summed E-state index contributed by atoms with van der Waals surface area (Å²) >= 11 is 0. The van der Waals surface area contributed by atoms with Crippen molar-refractivity contribution in [3.8, 4) is 5.69 Å². The standard InChI is InChI=1S/C17H21NO/c1-11(2)15-6-8-16(9-7-15)18-12(3)10-17(13(18)4)14(5)19/h6-11H,1-5H3. The van der Waals surface area contributed by atoms with E-state index in [1.165, 1.54) is 5.56 Å². The number of Topliss-reactive ketones (excluding diaryl/α,β-unsaturated/α-hetero) is 1. The highest BCUT2D eigenvalue weighted by Gasteiger charge is 2.13. The highest BCUT2D eigenvalue weighted by atomic mass is 16.1. The summed E-state index contributed by atoms with van der Waals surface area (Å²) in [6, 6.07) is 10.5. The number of ketones is 1. The van der Waals surface area contributed by atoms with E-state index in [0.29, 0.717) is 5.92 Å². The van der Waals surface area contributed by atoms with E-state index in [1.807, 2.05) is 19.9 Å². The summed E-state index contributed by atoms with van der Waals surface area (Å²) in [5.41, 5.74) is 5.37. The molecular weight excluding hydrogens is 234 g/mol. The lowest BCUT2D eigenvalue weighted by Gasteiger charge is -2.12. The number of rotatable bonds is 3. The Morgan fingerprint density at radius 1 is 1.11 bits per heavy atom. The van der Waals surface area contributed by atoms with Gasteiger partial charge in [0.05, 0.1) is 0 Å². The Kier molecular flexibility index (Phi) is 3.61. The number of nitrogens with zero attached hydrogens (tertiary/aromatic N) is 1. The minimum absolute atomic E-state index is 0.123. The highest BCUT2D eigenvalue weighted by Crippen LogP contribution is 2.23. The summed E-state index contributed by atoms with van der Waals surface area (Å²) in [5.74, 6) is 0.659. The van der Waals surface area contributed by atoms with Crippen LogP contribution in [0, 0.1) is 13.8 Å². The Bertz CT molecular complexity index is 603. The first kappa shape index (κ1) is 13.6. The Morgan fingerprint density at radius 3 is 2.11 bits per heavy atom. The van der Waals surface area contributed by atoms with Crippen molar-refractivity contribution in [3.05, 3.63) is 52.8 Å². The van der Waals surface area contributed by atoms with Gasteiger partial charge in [-0.2, -0.15) is 0 Å². The molecule has 0 saturated heterocycles. The molecule has 0 atom stereocenters. The van der Waals surface area contributed by atoms with Crippen LogP contribution in [0.5, 0.6) is 0 Å². The molecule has 1 heterocycles. The van der Waals surface area contributed by atoms with Crippen LogP contribution in [-0.2, 0) is 0 Å². The number of benzene rings is 1. The van der Waals surface area contributed by atoms with Crippen LogP contribution < -0.4 is 0 Å². The SMILES string of the molecule is CC(=O)c1cc(C)n(-c2ccc(C(C)C)cc2)c1C. The van der Waals surface area contributed by atoms with E-state index >= 15 is 0 Å². The Morgan fingerprint density at radius 2 is 1.68 bits per heavy atom. The van der Waals surface area contributed by atoms with E-state index in [1.54, 1.807) is 6.92 Å². The van der Waals surface area contributed by atoms with Crippen molar-refractivity contribution in [3.63, 3.8) is 0 Å². The average Bonchev–Trinajstić information content (AvgIpc) is 2.65. The van der Waals surface area contributed by atoms with Crippen molar-refractivity contribution >= 4 is 5.78 Å². The van der Waals surface area contributed by atoms with Gasteiger partial charge in [0, 0.05) is 22.6 Å². The second-order valence-corrected chi connectivity index (χ2v) is 5.42. The molecule has 0 radical (unpaired) electrons. The van der Waals surface area contributed by atoms with Crippen LogP contribution in [-0.4, -0.2) is 10.4 Å². The third kappa shape index (κ3) is 2.48. The largest absolute Gasteiger partial charge is 0.318 e. The molecule has 0 saturated carbocycles. The van der Waals surface area contributed by atoms with Crippen LogP contribution in [0.15, 0.2) is 30.3 Å². The second kappa shape index (κ2) is 5.04.